The van der Waals surface area contributed by atoms with Crippen LogP contribution in [0.4, 0.5) is 17.1 Å². The summed E-state index contributed by atoms with van der Waals surface area (Å²) in [5.41, 5.74) is 11.2. The largest absolute Gasteiger partial charge is 0.310 e. The molecule has 0 spiro atoms. The third kappa shape index (κ3) is 4.56. The van der Waals surface area contributed by atoms with Crippen molar-refractivity contribution >= 4 is 80.9 Å². The Bertz CT molecular complexity index is 3100. The zero-order valence-corrected chi connectivity index (χ0v) is 30.4. The van der Waals surface area contributed by atoms with Crippen molar-refractivity contribution < 1.29 is 0 Å². The highest BCUT2D eigenvalue weighted by atomic mass is 32.1. The fourth-order valence-corrected chi connectivity index (χ4v) is 10.1. The summed E-state index contributed by atoms with van der Waals surface area (Å²) >= 11 is 1.87. The van der Waals surface area contributed by atoms with Crippen molar-refractivity contribution in [2.75, 3.05) is 4.90 Å². The van der Waals surface area contributed by atoms with Gasteiger partial charge in [-0.1, -0.05) is 135 Å². The molecule has 1 nitrogen and oxygen atoms in total. The summed E-state index contributed by atoms with van der Waals surface area (Å²) in [6.45, 7) is 4.78. The highest BCUT2D eigenvalue weighted by molar-refractivity contribution is 7.25. The molecule has 0 aliphatic heterocycles. The molecule has 0 saturated heterocycles. The number of nitrogens with zero attached hydrogens (tertiary/aromatic N) is 1. The quantitative estimate of drug-likeness (QED) is 0.177. The summed E-state index contributed by atoms with van der Waals surface area (Å²) in [6, 6.07) is 65.6. The van der Waals surface area contributed by atoms with E-state index in [-0.39, 0.29) is 5.41 Å². The molecule has 10 aromatic rings. The van der Waals surface area contributed by atoms with Crippen LogP contribution in [0.15, 0.2) is 176 Å². The van der Waals surface area contributed by atoms with Gasteiger partial charge in [0.2, 0.25) is 0 Å². The maximum atomic E-state index is 2.52. The van der Waals surface area contributed by atoms with Gasteiger partial charge in [-0.3, -0.25) is 0 Å². The van der Waals surface area contributed by atoms with Crippen LogP contribution in [0, 0.1) is 0 Å². The van der Waals surface area contributed by atoms with Gasteiger partial charge in [-0.05, 0) is 115 Å². The Kier molecular flexibility index (Phi) is 6.53. The molecule has 0 radical (unpaired) electrons. The molecule has 1 aliphatic carbocycles. The van der Waals surface area contributed by atoms with Gasteiger partial charge in [0, 0.05) is 42.5 Å². The molecule has 0 amide bonds. The van der Waals surface area contributed by atoms with Crippen molar-refractivity contribution in [1.29, 1.82) is 0 Å². The molecule has 9 aromatic carbocycles. The van der Waals surface area contributed by atoms with E-state index in [9.17, 15) is 0 Å². The van der Waals surface area contributed by atoms with Gasteiger partial charge >= 0.3 is 0 Å². The Morgan fingerprint density at radius 2 is 1.00 bits per heavy atom. The van der Waals surface area contributed by atoms with Crippen molar-refractivity contribution in [3.8, 4) is 22.3 Å². The van der Waals surface area contributed by atoms with Crippen molar-refractivity contribution in [2.24, 2.45) is 0 Å². The molecule has 11 rings (SSSR count). The highest BCUT2D eigenvalue weighted by Crippen LogP contribution is 2.53. The van der Waals surface area contributed by atoms with Gasteiger partial charge in [-0.2, -0.15) is 0 Å². The molecule has 0 bridgehead atoms. The molecular formula is C51H35NS. The molecule has 0 fully saturated rings. The van der Waals surface area contributed by atoms with Gasteiger partial charge in [0.15, 0.2) is 0 Å². The lowest BCUT2D eigenvalue weighted by Crippen LogP contribution is -2.17. The Hall–Kier alpha value is -6.22. The molecule has 1 aliphatic rings. The maximum Gasteiger partial charge on any atom is 0.0546 e. The Labute approximate surface area is 313 Å². The maximum absolute atomic E-state index is 2.52. The number of hydrogen-bond donors (Lipinski definition) is 0. The van der Waals surface area contributed by atoms with E-state index in [1.807, 2.05) is 11.3 Å². The zero-order chi connectivity index (χ0) is 35.3. The Morgan fingerprint density at radius 3 is 1.83 bits per heavy atom. The van der Waals surface area contributed by atoms with Crippen LogP contribution in [0.2, 0.25) is 0 Å². The first-order chi connectivity index (χ1) is 26.0. The van der Waals surface area contributed by atoms with E-state index in [1.165, 1.54) is 85.9 Å². The summed E-state index contributed by atoms with van der Waals surface area (Å²) in [5.74, 6) is 0. The molecule has 1 aromatic heterocycles. The van der Waals surface area contributed by atoms with Gasteiger partial charge in [-0.25, -0.2) is 0 Å². The predicted octanol–water partition coefficient (Wildman–Crippen LogP) is 15.0. The normalized spacial score (nSPS) is 13.2. The van der Waals surface area contributed by atoms with Gasteiger partial charge in [0.1, 0.15) is 0 Å². The first kappa shape index (κ1) is 30.4. The van der Waals surface area contributed by atoms with Crippen LogP contribution in [0.1, 0.15) is 25.0 Å². The summed E-state index contributed by atoms with van der Waals surface area (Å²) in [6.07, 6.45) is 0. The second-order valence-corrected chi connectivity index (χ2v) is 16.0. The van der Waals surface area contributed by atoms with Crippen LogP contribution in [0.5, 0.6) is 0 Å². The number of fused-ring (bicyclic) bond motifs is 9. The first-order valence-electron chi connectivity index (χ1n) is 18.4. The molecule has 0 unspecified atom stereocenters. The number of hydrogen-bond acceptors (Lipinski definition) is 2. The molecule has 2 heteroatoms. The SMILES string of the molecule is CC1(C)c2cc(N(c3ccc4sc5ccccc5c4c3)c3ccc4ccccc4c3-c3cccc4ccccc34)ccc2-c2cc3ccccc3cc21. The molecular weight excluding hydrogens is 659 g/mol. The molecule has 1 heterocycles. The monoisotopic (exact) mass is 693 g/mol. The topological polar surface area (TPSA) is 3.24 Å². The minimum atomic E-state index is -0.161. The van der Waals surface area contributed by atoms with Crippen molar-refractivity contribution in [3.63, 3.8) is 0 Å². The fourth-order valence-electron chi connectivity index (χ4n) is 9.00. The van der Waals surface area contributed by atoms with Crippen LogP contribution >= 0.6 is 11.3 Å². The Balaban J connectivity index is 1.21. The number of rotatable bonds is 4. The van der Waals surface area contributed by atoms with Gasteiger partial charge in [0.25, 0.3) is 0 Å². The van der Waals surface area contributed by atoms with Gasteiger partial charge in [0.05, 0.1) is 5.69 Å². The van der Waals surface area contributed by atoms with E-state index >= 15 is 0 Å². The van der Waals surface area contributed by atoms with E-state index in [0.29, 0.717) is 0 Å². The second kappa shape index (κ2) is 11.4. The summed E-state index contributed by atoms with van der Waals surface area (Å²) < 4.78 is 2.62. The molecule has 0 atom stereocenters. The fraction of sp³-hybridized carbons (Fsp3) is 0.0588. The zero-order valence-electron chi connectivity index (χ0n) is 29.6. The lowest BCUT2D eigenvalue weighted by Gasteiger charge is -2.31. The lowest BCUT2D eigenvalue weighted by molar-refractivity contribution is 0.661. The highest BCUT2D eigenvalue weighted by Gasteiger charge is 2.36. The van der Waals surface area contributed by atoms with Gasteiger partial charge < -0.3 is 4.90 Å². The van der Waals surface area contributed by atoms with Gasteiger partial charge in [-0.15, -0.1) is 11.3 Å². The van der Waals surface area contributed by atoms with Crippen LogP contribution < -0.4 is 4.90 Å². The van der Waals surface area contributed by atoms with Crippen molar-refractivity contribution in [3.05, 3.63) is 187 Å². The number of thiophene rings is 1. The minimum Gasteiger partial charge on any atom is -0.310 e. The summed E-state index contributed by atoms with van der Waals surface area (Å²) in [7, 11) is 0. The summed E-state index contributed by atoms with van der Waals surface area (Å²) in [4.78, 5) is 2.52. The lowest BCUT2D eigenvalue weighted by atomic mass is 9.81. The smallest absolute Gasteiger partial charge is 0.0546 e. The van der Waals surface area contributed by atoms with E-state index < -0.39 is 0 Å². The van der Waals surface area contributed by atoms with Crippen LogP contribution in [-0.2, 0) is 5.41 Å². The molecule has 0 N–H and O–H groups in total. The minimum absolute atomic E-state index is 0.161. The summed E-state index contributed by atoms with van der Waals surface area (Å²) in [5, 5.41) is 10.1. The third-order valence-corrected chi connectivity index (χ3v) is 12.8. The molecule has 250 valence electrons. The standard InChI is InChI=1S/C51H35NS/c1-51(2)45-29-35-15-4-3-14-34(35)28-43(45)40-25-23-37(31-46(40)51)52(36-24-27-49-44(30-36)41-19-9-10-21-48(41)53-49)47-26-22-33-13-6-8-18-39(33)50(47)42-20-11-16-32-12-5-7-17-38(32)42/h3-31H,1-2H3. The average molecular weight is 694 g/mol. The van der Waals surface area contributed by atoms with E-state index in [2.05, 4.69) is 195 Å². The Morgan fingerprint density at radius 1 is 0.396 bits per heavy atom. The first-order valence-corrected chi connectivity index (χ1v) is 19.2. The number of benzene rings is 9. The molecule has 0 saturated carbocycles. The second-order valence-electron chi connectivity index (χ2n) is 14.9. The molecule has 53 heavy (non-hydrogen) atoms. The van der Waals surface area contributed by atoms with Crippen LogP contribution in [0.25, 0.3) is 74.7 Å². The van der Waals surface area contributed by atoms with E-state index in [1.54, 1.807) is 0 Å². The van der Waals surface area contributed by atoms with Crippen LogP contribution in [-0.4, -0.2) is 0 Å². The van der Waals surface area contributed by atoms with E-state index in [4.69, 9.17) is 0 Å². The third-order valence-electron chi connectivity index (χ3n) is 11.6. The number of anilines is 3. The average Bonchev–Trinajstić information content (AvgIpc) is 3.68. The van der Waals surface area contributed by atoms with Crippen molar-refractivity contribution in [1.82, 2.24) is 0 Å². The van der Waals surface area contributed by atoms with Crippen LogP contribution in [0.3, 0.4) is 0 Å². The van der Waals surface area contributed by atoms with Crippen molar-refractivity contribution in [2.45, 2.75) is 19.3 Å². The predicted molar refractivity (Wildman–Crippen MR) is 230 cm³/mol. The van der Waals surface area contributed by atoms with E-state index in [0.717, 1.165) is 17.1 Å².